The third-order valence-corrected chi connectivity index (χ3v) is 7.01. The molecule has 36 heavy (non-hydrogen) atoms. The number of carbonyl (C=O) groups is 1. The van der Waals surface area contributed by atoms with Gasteiger partial charge in [-0.25, -0.2) is 9.67 Å². The molecule has 0 atom stereocenters. The van der Waals surface area contributed by atoms with Gasteiger partial charge in [0.2, 0.25) is 5.13 Å². The van der Waals surface area contributed by atoms with Crippen LogP contribution in [0.4, 0.5) is 13.2 Å². The topological polar surface area (TPSA) is 80.5 Å². The number of carbonyl (C=O) groups excluding carboxylic acids is 1. The van der Waals surface area contributed by atoms with Gasteiger partial charge in [0.05, 0.1) is 30.5 Å². The van der Waals surface area contributed by atoms with Crippen molar-refractivity contribution in [3.8, 4) is 22.1 Å². The number of hydrogen-bond acceptors (Lipinski definition) is 6. The number of aromatic nitrogens is 3. The Morgan fingerprint density at radius 3 is 2.61 bits per heavy atom. The maximum absolute atomic E-state index is 13.5. The van der Waals surface area contributed by atoms with E-state index in [0.29, 0.717) is 22.1 Å². The molecule has 4 rings (SSSR count). The van der Waals surface area contributed by atoms with Crippen molar-refractivity contribution >= 4 is 28.1 Å². The lowest BCUT2D eigenvalue weighted by molar-refractivity contribution is -0.137. The predicted molar refractivity (Wildman–Crippen MR) is 132 cm³/mol. The second-order valence-electron chi connectivity index (χ2n) is 8.54. The summed E-state index contributed by atoms with van der Waals surface area (Å²) in [5, 5.41) is 14.1. The summed E-state index contributed by atoms with van der Waals surface area (Å²) in [4.78, 5) is 20.0. The van der Waals surface area contributed by atoms with Gasteiger partial charge in [-0.2, -0.15) is 18.3 Å². The Labute approximate surface area is 209 Å². The number of amides is 1. The SMILES string of the molecule is COc1cccc(-c2nc(-n3nc(C(=O)N(C)CCO)c4cc(C(F)(F)F)ccc43)sc2C(C)C)c1. The molecule has 1 amide bonds. The van der Waals surface area contributed by atoms with Gasteiger partial charge in [0.15, 0.2) is 5.69 Å². The zero-order valence-electron chi connectivity index (χ0n) is 20.1. The van der Waals surface area contributed by atoms with E-state index < -0.39 is 17.6 Å². The molecule has 0 saturated carbocycles. The highest BCUT2D eigenvalue weighted by molar-refractivity contribution is 7.14. The van der Waals surface area contributed by atoms with Crippen molar-refractivity contribution in [3.63, 3.8) is 0 Å². The summed E-state index contributed by atoms with van der Waals surface area (Å²) in [5.74, 6) is 0.175. The van der Waals surface area contributed by atoms with E-state index in [1.54, 1.807) is 7.11 Å². The summed E-state index contributed by atoms with van der Waals surface area (Å²) in [6, 6.07) is 10.6. The Morgan fingerprint density at radius 1 is 1.22 bits per heavy atom. The average molecular weight is 519 g/mol. The number of alkyl halides is 3. The summed E-state index contributed by atoms with van der Waals surface area (Å²) in [6.07, 6.45) is -4.58. The summed E-state index contributed by atoms with van der Waals surface area (Å²) in [7, 11) is 3.03. The lowest BCUT2D eigenvalue weighted by atomic mass is 10.1. The van der Waals surface area contributed by atoms with Gasteiger partial charge < -0.3 is 14.7 Å². The fourth-order valence-corrected chi connectivity index (χ4v) is 4.87. The molecule has 0 aliphatic carbocycles. The van der Waals surface area contributed by atoms with Crippen LogP contribution in [0.1, 0.15) is 40.7 Å². The van der Waals surface area contributed by atoms with Gasteiger partial charge >= 0.3 is 6.18 Å². The van der Waals surface area contributed by atoms with Gasteiger partial charge in [-0.3, -0.25) is 4.79 Å². The van der Waals surface area contributed by atoms with Crippen LogP contribution in [0.3, 0.4) is 0 Å². The molecule has 0 aliphatic heterocycles. The van der Waals surface area contributed by atoms with Crippen LogP contribution in [0.2, 0.25) is 0 Å². The third kappa shape index (κ3) is 4.80. The van der Waals surface area contributed by atoms with Gasteiger partial charge in [-0.15, -0.1) is 0 Å². The number of aliphatic hydroxyl groups is 1. The van der Waals surface area contributed by atoms with Gasteiger partial charge in [-0.05, 0) is 36.2 Å². The van der Waals surface area contributed by atoms with Crippen LogP contribution in [0.25, 0.3) is 27.3 Å². The van der Waals surface area contributed by atoms with Crippen molar-refractivity contribution in [2.45, 2.75) is 25.9 Å². The van der Waals surface area contributed by atoms with Crippen LogP contribution < -0.4 is 4.74 Å². The van der Waals surface area contributed by atoms with E-state index in [4.69, 9.17) is 9.72 Å². The van der Waals surface area contributed by atoms with Crippen LogP contribution in [0.15, 0.2) is 42.5 Å². The molecule has 0 unspecified atom stereocenters. The van der Waals surface area contributed by atoms with Crippen molar-refractivity contribution in [2.75, 3.05) is 27.3 Å². The van der Waals surface area contributed by atoms with E-state index in [1.807, 2.05) is 38.1 Å². The predicted octanol–water partition coefficient (Wildman–Crippen LogP) is 5.36. The minimum Gasteiger partial charge on any atom is -0.497 e. The Bertz CT molecular complexity index is 1410. The number of rotatable bonds is 7. The molecule has 0 aliphatic rings. The molecule has 7 nitrogen and oxygen atoms in total. The molecular formula is C25H25F3N4O3S. The third-order valence-electron chi connectivity index (χ3n) is 5.68. The van der Waals surface area contributed by atoms with Crippen LogP contribution >= 0.6 is 11.3 Å². The minimum absolute atomic E-state index is 0.0148. The number of nitrogens with zero attached hydrogens (tertiary/aromatic N) is 4. The number of ether oxygens (including phenoxy) is 1. The number of thiazole rings is 1. The second kappa shape index (κ2) is 9.90. The van der Waals surface area contributed by atoms with E-state index in [1.165, 1.54) is 34.0 Å². The van der Waals surface area contributed by atoms with E-state index in [-0.39, 0.29) is 30.1 Å². The highest BCUT2D eigenvalue weighted by Crippen LogP contribution is 2.38. The first-order valence-electron chi connectivity index (χ1n) is 11.2. The van der Waals surface area contributed by atoms with Gasteiger partial charge in [0, 0.05) is 29.4 Å². The lowest BCUT2D eigenvalue weighted by Gasteiger charge is -2.14. The normalized spacial score (nSPS) is 11.9. The maximum Gasteiger partial charge on any atom is 0.416 e. The average Bonchev–Trinajstić information content (AvgIpc) is 3.45. The Kier molecular flexibility index (Phi) is 7.05. The van der Waals surface area contributed by atoms with Crippen LogP contribution in [0, 0.1) is 0 Å². The standard InChI is InChI=1S/C25H25F3N4O3S/c1-14(2)22-20(15-6-5-7-17(12-15)35-4)29-24(36-22)32-19-9-8-16(25(26,27)28)13-18(19)21(30-32)23(34)31(3)10-11-33/h5-9,12-14,33H,10-11H2,1-4H3. The first-order chi connectivity index (χ1) is 17.0. The maximum atomic E-state index is 13.5. The molecule has 0 radical (unpaired) electrons. The van der Waals surface area contributed by atoms with Crippen molar-refractivity contribution in [2.24, 2.45) is 0 Å². The number of halogens is 3. The zero-order valence-corrected chi connectivity index (χ0v) is 20.9. The van der Waals surface area contributed by atoms with Crippen molar-refractivity contribution < 1.29 is 27.8 Å². The largest absolute Gasteiger partial charge is 0.497 e. The van der Waals surface area contributed by atoms with E-state index >= 15 is 0 Å². The number of aliphatic hydroxyl groups excluding tert-OH is 1. The number of hydrogen-bond donors (Lipinski definition) is 1. The summed E-state index contributed by atoms with van der Waals surface area (Å²) in [6.45, 7) is 3.77. The van der Waals surface area contributed by atoms with Crippen LogP contribution in [0.5, 0.6) is 5.75 Å². The molecule has 4 aromatic rings. The quantitative estimate of drug-likeness (QED) is 0.356. The Morgan fingerprint density at radius 2 is 1.97 bits per heavy atom. The lowest BCUT2D eigenvalue weighted by Crippen LogP contribution is -2.30. The molecule has 1 N–H and O–H groups in total. The molecule has 2 aromatic heterocycles. The fourth-order valence-electron chi connectivity index (χ4n) is 3.81. The molecule has 0 saturated heterocycles. The molecule has 0 fully saturated rings. The fraction of sp³-hybridized carbons (Fsp3) is 0.320. The van der Waals surface area contributed by atoms with Crippen molar-refractivity contribution in [3.05, 3.63) is 58.6 Å². The van der Waals surface area contributed by atoms with Gasteiger partial charge in [-0.1, -0.05) is 37.3 Å². The number of fused-ring (bicyclic) bond motifs is 1. The number of benzene rings is 2. The van der Waals surface area contributed by atoms with Crippen molar-refractivity contribution in [1.82, 2.24) is 19.7 Å². The first-order valence-corrected chi connectivity index (χ1v) is 12.0. The molecule has 11 heteroatoms. The Hall–Kier alpha value is -3.44. The van der Waals surface area contributed by atoms with E-state index in [2.05, 4.69) is 5.10 Å². The summed E-state index contributed by atoms with van der Waals surface area (Å²) >= 11 is 1.36. The van der Waals surface area contributed by atoms with Crippen LogP contribution in [-0.4, -0.2) is 58.0 Å². The summed E-state index contributed by atoms with van der Waals surface area (Å²) < 4.78 is 47.2. The highest BCUT2D eigenvalue weighted by atomic mass is 32.1. The molecular weight excluding hydrogens is 493 g/mol. The second-order valence-corrected chi connectivity index (χ2v) is 9.55. The minimum atomic E-state index is -4.58. The first kappa shape index (κ1) is 25.6. The monoisotopic (exact) mass is 518 g/mol. The number of likely N-dealkylation sites (N-methyl/N-ethyl adjacent to an activating group) is 1. The zero-order chi connectivity index (χ0) is 26.2. The molecule has 2 aromatic carbocycles. The van der Waals surface area contributed by atoms with E-state index in [9.17, 15) is 23.1 Å². The smallest absolute Gasteiger partial charge is 0.416 e. The molecule has 190 valence electrons. The Balaban J connectivity index is 1.93. The molecule has 0 bridgehead atoms. The van der Waals surface area contributed by atoms with Crippen molar-refractivity contribution in [1.29, 1.82) is 0 Å². The highest BCUT2D eigenvalue weighted by Gasteiger charge is 2.32. The van der Waals surface area contributed by atoms with E-state index in [0.717, 1.165) is 22.6 Å². The van der Waals surface area contributed by atoms with Gasteiger partial charge in [0.25, 0.3) is 5.91 Å². The van der Waals surface area contributed by atoms with Gasteiger partial charge in [0.1, 0.15) is 5.75 Å². The number of methoxy groups -OCH3 is 1. The summed E-state index contributed by atoms with van der Waals surface area (Å²) in [5.41, 5.74) is 0.842. The van der Waals surface area contributed by atoms with Crippen LogP contribution in [-0.2, 0) is 6.18 Å². The molecule has 2 heterocycles. The molecule has 0 spiro atoms.